The van der Waals surface area contributed by atoms with E-state index in [4.69, 9.17) is 4.99 Å². The molecule has 196 valence electrons. The van der Waals surface area contributed by atoms with Gasteiger partial charge >= 0.3 is 0 Å². The van der Waals surface area contributed by atoms with Gasteiger partial charge in [-0.05, 0) is 61.8 Å². The number of benzene rings is 3. The first-order chi connectivity index (χ1) is 18.5. The zero-order valence-electron chi connectivity index (χ0n) is 23.1. The second-order valence-electron chi connectivity index (χ2n) is 10.2. The number of aliphatic imine (C=N–C) groups is 1. The number of hydrogen-bond donors (Lipinski definition) is 0. The Labute approximate surface area is 227 Å². The number of carbonyl (C=O) groups is 2. The van der Waals surface area contributed by atoms with Crippen molar-refractivity contribution in [2.24, 2.45) is 16.8 Å². The molecule has 3 aromatic carbocycles. The van der Waals surface area contributed by atoms with Crippen LogP contribution in [-0.4, -0.2) is 17.3 Å². The van der Waals surface area contributed by atoms with E-state index in [2.05, 4.69) is 43.3 Å². The van der Waals surface area contributed by atoms with Gasteiger partial charge < -0.3 is 0 Å². The van der Waals surface area contributed by atoms with E-state index in [1.165, 1.54) is 11.1 Å². The molecule has 38 heavy (non-hydrogen) atoms. The minimum absolute atomic E-state index is 0.0484. The second-order valence-corrected chi connectivity index (χ2v) is 10.2. The van der Waals surface area contributed by atoms with Crippen LogP contribution >= 0.6 is 0 Å². The standard InChI is InChI=1S/C33H33NO2.C2H6/c1-22-11-9-10-12-24(22)18-20-30(35)27-17-19-28-29(21-27)34-23(2)31(33(28)36)32(25-13-5-3-6-14-25)26-15-7-4-8-16-26;1-2/h3-16,27,31-32H,17-21H2,1-2H3;1-2H3. The number of rotatable bonds is 7. The predicted octanol–water partition coefficient (Wildman–Crippen LogP) is 8.07. The number of hydrogen-bond acceptors (Lipinski definition) is 3. The number of nitrogens with zero attached hydrogens (tertiary/aromatic N) is 1. The number of ketones is 2. The molecule has 1 aliphatic heterocycles. The van der Waals surface area contributed by atoms with Crippen LogP contribution in [0.1, 0.15) is 74.6 Å². The Morgan fingerprint density at radius 2 is 1.45 bits per heavy atom. The Kier molecular flexibility index (Phi) is 9.23. The molecule has 3 nitrogen and oxygen atoms in total. The average molecular weight is 506 g/mol. The predicted molar refractivity (Wildman–Crippen MR) is 157 cm³/mol. The van der Waals surface area contributed by atoms with Gasteiger partial charge in [0.05, 0.1) is 5.92 Å². The molecule has 2 aliphatic rings. The van der Waals surface area contributed by atoms with E-state index in [0.29, 0.717) is 25.0 Å². The van der Waals surface area contributed by atoms with Crippen LogP contribution in [0.2, 0.25) is 0 Å². The SMILES string of the molecule is CC.CC1=NC2=C(CCC(C(=O)CCc3ccccc3C)C2)C(=O)C1C(c1ccccc1)c1ccccc1. The van der Waals surface area contributed by atoms with E-state index in [9.17, 15) is 9.59 Å². The lowest BCUT2D eigenvalue weighted by atomic mass is 9.70. The minimum atomic E-state index is -0.318. The van der Waals surface area contributed by atoms with Crippen molar-refractivity contribution < 1.29 is 9.59 Å². The van der Waals surface area contributed by atoms with Crippen LogP contribution in [0.4, 0.5) is 0 Å². The highest BCUT2D eigenvalue weighted by Crippen LogP contribution is 2.42. The molecule has 0 fully saturated rings. The zero-order valence-corrected chi connectivity index (χ0v) is 23.1. The van der Waals surface area contributed by atoms with E-state index < -0.39 is 0 Å². The van der Waals surface area contributed by atoms with Gasteiger partial charge in [-0.1, -0.05) is 98.8 Å². The number of carbonyl (C=O) groups excluding carboxylic acids is 2. The van der Waals surface area contributed by atoms with Crippen molar-refractivity contribution in [2.75, 3.05) is 0 Å². The molecule has 0 spiro atoms. The smallest absolute Gasteiger partial charge is 0.170 e. The lowest BCUT2D eigenvalue weighted by Gasteiger charge is -2.34. The van der Waals surface area contributed by atoms with Crippen LogP contribution in [0.25, 0.3) is 0 Å². The van der Waals surface area contributed by atoms with Gasteiger partial charge in [-0.2, -0.15) is 0 Å². The van der Waals surface area contributed by atoms with Crippen LogP contribution in [0.3, 0.4) is 0 Å². The summed E-state index contributed by atoms with van der Waals surface area (Å²) in [5, 5.41) is 0. The number of Topliss-reactive ketones (excluding diaryl/α,β-unsaturated/α-hetero) is 2. The van der Waals surface area contributed by atoms with Crippen LogP contribution in [0, 0.1) is 18.8 Å². The maximum atomic E-state index is 14.0. The van der Waals surface area contributed by atoms with Crippen molar-refractivity contribution in [3.05, 3.63) is 118 Å². The summed E-state index contributed by atoms with van der Waals surface area (Å²) in [5.41, 5.74) is 7.25. The van der Waals surface area contributed by atoms with Crippen molar-refractivity contribution in [2.45, 2.75) is 65.7 Å². The summed E-state index contributed by atoms with van der Waals surface area (Å²) >= 11 is 0. The number of allylic oxidation sites excluding steroid dienone is 2. The van der Waals surface area contributed by atoms with Gasteiger partial charge in [0.2, 0.25) is 0 Å². The Balaban J connectivity index is 0.00000164. The fourth-order valence-electron chi connectivity index (χ4n) is 5.88. The molecule has 0 saturated carbocycles. The Morgan fingerprint density at radius 3 is 2.05 bits per heavy atom. The highest BCUT2D eigenvalue weighted by molar-refractivity contribution is 6.15. The van der Waals surface area contributed by atoms with Crippen molar-refractivity contribution >= 4 is 17.3 Å². The van der Waals surface area contributed by atoms with E-state index in [0.717, 1.165) is 41.0 Å². The first-order valence-electron chi connectivity index (χ1n) is 14.0. The summed E-state index contributed by atoms with van der Waals surface area (Å²) in [4.78, 5) is 32.1. The minimum Gasteiger partial charge on any atom is -0.299 e. The lowest BCUT2D eigenvalue weighted by molar-refractivity contribution is -0.124. The van der Waals surface area contributed by atoms with Gasteiger partial charge in [0.25, 0.3) is 0 Å². The maximum Gasteiger partial charge on any atom is 0.170 e. The fourth-order valence-corrected chi connectivity index (χ4v) is 5.88. The second kappa shape index (κ2) is 12.8. The molecule has 3 aromatic rings. The van der Waals surface area contributed by atoms with Crippen LogP contribution in [0.5, 0.6) is 0 Å². The van der Waals surface area contributed by atoms with Crippen LogP contribution in [0.15, 0.2) is 101 Å². The summed E-state index contributed by atoms with van der Waals surface area (Å²) in [5.74, 6) is 0.0282. The molecule has 0 N–H and O–H groups in total. The molecule has 0 aromatic heterocycles. The van der Waals surface area contributed by atoms with Gasteiger partial charge in [-0.3, -0.25) is 14.6 Å². The summed E-state index contributed by atoms with van der Waals surface area (Å²) in [6.45, 7) is 8.08. The molecule has 0 saturated heterocycles. The van der Waals surface area contributed by atoms with Crippen molar-refractivity contribution in [1.29, 1.82) is 0 Å². The molecule has 0 amide bonds. The number of aryl methyl sites for hydroxylation is 2. The van der Waals surface area contributed by atoms with Gasteiger partial charge in [-0.25, -0.2) is 0 Å². The highest BCUT2D eigenvalue weighted by Gasteiger charge is 2.40. The van der Waals surface area contributed by atoms with E-state index in [-0.39, 0.29) is 23.5 Å². The third kappa shape index (κ3) is 5.93. The van der Waals surface area contributed by atoms with E-state index in [1.54, 1.807) is 0 Å². The zero-order chi connectivity index (χ0) is 27.1. The Hall–Kier alpha value is -3.59. The van der Waals surface area contributed by atoms with Crippen LogP contribution in [-0.2, 0) is 16.0 Å². The molecule has 2 unspecified atom stereocenters. The Bertz CT molecular complexity index is 1280. The quantitative estimate of drug-likeness (QED) is 0.326. The molecule has 5 rings (SSSR count). The topological polar surface area (TPSA) is 46.5 Å². The third-order valence-electron chi connectivity index (χ3n) is 7.88. The van der Waals surface area contributed by atoms with Crippen molar-refractivity contribution in [3.8, 4) is 0 Å². The summed E-state index contributed by atoms with van der Waals surface area (Å²) in [6, 6.07) is 28.8. The Morgan fingerprint density at radius 1 is 0.868 bits per heavy atom. The largest absolute Gasteiger partial charge is 0.299 e. The van der Waals surface area contributed by atoms with Gasteiger partial charge in [0.15, 0.2) is 5.78 Å². The van der Waals surface area contributed by atoms with Crippen LogP contribution < -0.4 is 0 Å². The molecule has 1 aliphatic carbocycles. The van der Waals surface area contributed by atoms with Gasteiger partial charge in [0.1, 0.15) is 5.78 Å². The molecular weight excluding hydrogens is 466 g/mol. The lowest BCUT2D eigenvalue weighted by Crippen LogP contribution is -2.36. The normalized spacial score (nSPS) is 18.9. The van der Waals surface area contributed by atoms with Gasteiger partial charge in [0, 0.05) is 35.2 Å². The summed E-state index contributed by atoms with van der Waals surface area (Å²) in [6.07, 6.45) is 3.27. The maximum absolute atomic E-state index is 14.0. The summed E-state index contributed by atoms with van der Waals surface area (Å²) < 4.78 is 0. The average Bonchev–Trinajstić information content (AvgIpc) is 2.96. The third-order valence-corrected chi connectivity index (χ3v) is 7.88. The molecule has 1 heterocycles. The molecular formula is C35H39NO2. The molecule has 2 atom stereocenters. The fraction of sp³-hybridized carbons (Fsp3) is 0.343. The highest BCUT2D eigenvalue weighted by atomic mass is 16.1. The first-order valence-corrected chi connectivity index (χ1v) is 14.0. The molecule has 3 heteroatoms. The molecule has 0 radical (unpaired) electrons. The summed E-state index contributed by atoms with van der Waals surface area (Å²) in [7, 11) is 0. The van der Waals surface area contributed by atoms with Gasteiger partial charge in [-0.15, -0.1) is 0 Å². The van der Waals surface area contributed by atoms with Crippen molar-refractivity contribution in [3.63, 3.8) is 0 Å². The van der Waals surface area contributed by atoms with Crippen molar-refractivity contribution in [1.82, 2.24) is 0 Å². The monoisotopic (exact) mass is 505 g/mol. The first kappa shape index (κ1) is 27.4. The molecule has 0 bridgehead atoms. The van der Waals surface area contributed by atoms with E-state index in [1.807, 2.05) is 69.3 Å². The van der Waals surface area contributed by atoms with E-state index >= 15 is 0 Å².